The number of nitrogens with zero attached hydrogens (tertiary/aromatic N) is 2. The fourth-order valence-electron chi connectivity index (χ4n) is 3.12. The molecule has 0 heterocycles. The van der Waals surface area contributed by atoms with Gasteiger partial charge in [-0.05, 0) is 42.8 Å². The molecule has 3 aromatic carbocycles. The van der Waals surface area contributed by atoms with Crippen LogP contribution in [0.25, 0.3) is 0 Å². The van der Waals surface area contributed by atoms with Crippen molar-refractivity contribution >= 4 is 22.1 Å². The zero-order valence-electron chi connectivity index (χ0n) is 18.5. The van der Waals surface area contributed by atoms with E-state index in [2.05, 4.69) is 10.5 Å². The summed E-state index contributed by atoms with van der Waals surface area (Å²) < 4.78 is 79.9. The molecular weight excluding hydrogens is 486 g/mol. The molecule has 0 bridgehead atoms. The van der Waals surface area contributed by atoms with Gasteiger partial charge in [0.25, 0.3) is 5.91 Å². The summed E-state index contributed by atoms with van der Waals surface area (Å²) in [5.41, 5.74) is 2.13. The van der Waals surface area contributed by atoms with Crippen molar-refractivity contribution in [3.05, 3.63) is 101 Å². The van der Waals surface area contributed by atoms with Gasteiger partial charge < -0.3 is 0 Å². The Labute approximate surface area is 199 Å². The topological polar surface area (TPSA) is 78.8 Å². The van der Waals surface area contributed by atoms with E-state index < -0.39 is 40.0 Å². The van der Waals surface area contributed by atoms with Crippen molar-refractivity contribution in [2.45, 2.75) is 24.5 Å². The highest BCUT2D eigenvalue weighted by Crippen LogP contribution is 2.31. The Morgan fingerprint density at radius 3 is 2.26 bits per heavy atom. The maximum atomic E-state index is 13.3. The molecule has 0 spiro atoms. The molecule has 0 unspecified atom stereocenters. The number of carbonyl (C=O) groups is 1. The summed E-state index contributed by atoms with van der Waals surface area (Å²) in [6, 6.07) is 15.8. The predicted octanol–water partition coefficient (Wildman–Crippen LogP) is 4.49. The number of amides is 1. The molecule has 0 aliphatic heterocycles. The van der Waals surface area contributed by atoms with Crippen molar-refractivity contribution in [1.29, 1.82) is 0 Å². The number of rotatable bonds is 8. The van der Waals surface area contributed by atoms with Gasteiger partial charge in [-0.1, -0.05) is 48.0 Å². The van der Waals surface area contributed by atoms with Gasteiger partial charge in [-0.3, -0.25) is 4.79 Å². The number of alkyl halides is 3. The van der Waals surface area contributed by atoms with Crippen molar-refractivity contribution < 1.29 is 30.8 Å². The van der Waals surface area contributed by atoms with Crippen LogP contribution in [0.5, 0.6) is 0 Å². The molecular formula is C24H21F4N3O3S. The van der Waals surface area contributed by atoms with E-state index in [1.807, 2.05) is 0 Å². The van der Waals surface area contributed by atoms with Crippen LogP contribution < -0.4 is 5.43 Å². The van der Waals surface area contributed by atoms with Gasteiger partial charge in [0.1, 0.15) is 5.82 Å². The highest BCUT2D eigenvalue weighted by atomic mass is 32.2. The van der Waals surface area contributed by atoms with Gasteiger partial charge in [-0.15, -0.1) is 0 Å². The van der Waals surface area contributed by atoms with Gasteiger partial charge >= 0.3 is 6.18 Å². The predicted molar refractivity (Wildman–Crippen MR) is 122 cm³/mol. The van der Waals surface area contributed by atoms with Gasteiger partial charge in [0.05, 0.1) is 23.2 Å². The Bertz CT molecular complexity index is 1310. The number of hydrogen-bond donors (Lipinski definition) is 1. The molecule has 35 heavy (non-hydrogen) atoms. The lowest BCUT2D eigenvalue weighted by Crippen LogP contribution is -2.39. The Morgan fingerprint density at radius 2 is 1.63 bits per heavy atom. The Hall–Kier alpha value is -3.57. The average molecular weight is 508 g/mol. The summed E-state index contributed by atoms with van der Waals surface area (Å²) in [4.78, 5) is 12.4. The monoisotopic (exact) mass is 507 g/mol. The number of hydrogen-bond acceptors (Lipinski definition) is 4. The minimum absolute atomic E-state index is 0.0550. The van der Waals surface area contributed by atoms with Crippen LogP contribution in [0.3, 0.4) is 0 Å². The molecule has 0 radical (unpaired) electrons. The molecule has 0 aromatic heterocycles. The SMILES string of the molecule is Cc1ccc(S(=O)(=O)N(CC(=O)N/N=C\c2ccccc2C(F)(F)F)Cc2ccc(F)cc2)cc1. The molecule has 1 N–H and O–H groups in total. The van der Waals surface area contributed by atoms with Crippen LogP contribution in [0.2, 0.25) is 0 Å². The molecule has 0 saturated heterocycles. The van der Waals surface area contributed by atoms with Crippen LogP contribution in [-0.2, 0) is 27.5 Å². The van der Waals surface area contributed by atoms with Crippen molar-refractivity contribution in [2.75, 3.05) is 6.54 Å². The average Bonchev–Trinajstić information content (AvgIpc) is 2.80. The fourth-order valence-corrected chi connectivity index (χ4v) is 4.50. The smallest absolute Gasteiger partial charge is 0.272 e. The highest BCUT2D eigenvalue weighted by molar-refractivity contribution is 7.89. The number of hydrazone groups is 1. The maximum Gasteiger partial charge on any atom is 0.417 e. The summed E-state index contributed by atoms with van der Waals surface area (Å²) in [6.45, 7) is 0.867. The lowest BCUT2D eigenvalue weighted by Gasteiger charge is -2.21. The summed E-state index contributed by atoms with van der Waals surface area (Å²) >= 11 is 0. The van der Waals surface area contributed by atoms with Crippen LogP contribution >= 0.6 is 0 Å². The quantitative estimate of drug-likeness (QED) is 0.277. The normalized spacial score (nSPS) is 12.3. The first-order valence-corrected chi connectivity index (χ1v) is 11.7. The number of nitrogens with one attached hydrogen (secondary N) is 1. The molecule has 6 nitrogen and oxygen atoms in total. The molecule has 184 valence electrons. The van der Waals surface area contributed by atoms with Gasteiger partial charge in [0, 0.05) is 12.1 Å². The van der Waals surface area contributed by atoms with E-state index in [0.29, 0.717) is 5.56 Å². The third-order valence-electron chi connectivity index (χ3n) is 4.91. The summed E-state index contributed by atoms with van der Waals surface area (Å²) in [5, 5.41) is 3.56. The van der Waals surface area contributed by atoms with E-state index in [0.717, 1.165) is 34.3 Å². The van der Waals surface area contributed by atoms with Gasteiger partial charge in [0.2, 0.25) is 10.0 Å². The Kier molecular flexibility index (Phi) is 8.03. The van der Waals surface area contributed by atoms with E-state index in [-0.39, 0.29) is 17.0 Å². The molecule has 11 heteroatoms. The molecule has 0 fully saturated rings. The lowest BCUT2D eigenvalue weighted by atomic mass is 10.1. The number of sulfonamides is 1. The third-order valence-corrected chi connectivity index (χ3v) is 6.72. The summed E-state index contributed by atoms with van der Waals surface area (Å²) in [5.74, 6) is -1.38. The van der Waals surface area contributed by atoms with Crippen molar-refractivity contribution in [3.63, 3.8) is 0 Å². The van der Waals surface area contributed by atoms with E-state index in [9.17, 15) is 30.8 Å². The number of benzene rings is 3. The van der Waals surface area contributed by atoms with Crippen LogP contribution in [0, 0.1) is 12.7 Å². The van der Waals surface area contributed by atoms with Crippen LogP contribution in [-0.4, -0.2) is 31.4 Å². The first kappa shape index (κ1) is 26.0. The summed E-state index contributed by atoms with van der Waals surface area (Å²) in [7, 11) is -4.15. The van der Waals surface area contributed by atoms with Gasteiger partial charge in [-0.2, -0.15) is 22.6 Å². The minimum Gasteiger partial charge on any atom is -0.272 e. The molecule has 1 amide bonds. The first-order valence-electron chi connectivity index (χ1n) is 10.3. The van der Waals surface area contributed by atoms with Crippen LogP contribution in [0.15, 0.2) is 82.8 Å². The zero-order valence-corrected chi connectivity index (χ0v) is 19.3. The number of halogens is 4. The van der Waals surface area contributed by atoms with E-state index in [1.54, 1.807) is 19.1 Å². The Balaban J connectivity index is 1.81. The molecule has 0 aliphatic carbocycles. The zero-order chi connectivity index (χ0) is 25.6. The second-order valence-electron chi connectivity index (χ2n) is 7.59. The van der Waals surface area contributed by atoms with Crippen molar-refractivity contribution in [3.8, 4) is 0 Å². The first-order chi connectivity index (χ1) is 16.5. The van der Waals surface area contributed by atoms with Crippen LogP contribution in [0.4, 0.5) is 17.6 Å². The second kappa shape index (κ2) is 10.8. The van der Waals surface area contributed by atoms with Crippen LogP contribution in [0.1, 0.15) is 22.3 Å². The van der Waals surface area contributed by atoms with Gasteiger partial charge in [0.15, 0.2) is 0 Å². The largest absolute Gasteiger partial charge is 0.417 e. The van der Waals surface area contributed by atoms with Crippen molar-refractivity contribution in [2.24, 2.45) is 5.10 Å². The molecule has 0 aliphatic rings. The molecule has 0 atom stereocenters. The van der Waals surface area contributed by atoms with Crippen molar-refractivity contribution in [1.82, 2.24) is 9.73 Å². The maximum absolute atomic E-state index is 13.3. The summed E-state index contributed by atoms with van der Waals surface area (Å²) in [6.07, 6.45) is -3.78. The van der Waals surface area contributed by atoms with E-state index in [1.165, 1.54) is 42.5 Å². The fraction of sp³-hybridized carbons (Fsp3) is 0.167. The molecule has 3 rings (SSSR count). The second-order valence-corrected chi connectivity index (χ2v) is 9.53. The number of aryl methyl sites for hydroxylation is 1. The van der Waals surface area contributed by atoms with Gasteiger partial charge in [-0.25, -0.2) is 18.2 Å². The van der Waals surface area contributed by atoms with E-state index in [4.69, 9.17) is 0 Å². The standard InChI is InChI=1S/C24H21F4N3O3S/c1-17-6-12-21(13-7-17)35(33,34)31(15-18-8-10-20(25)11-9-18)16-23(32)30-29-14-19-4-2-3-5-22(19)24(26,27)28/h2-14H,15-16H2,1H3,(H,30,32)/b29-14-. The third kappa shape index (κ3) is 6.96. The lowest BCUT2D eigenvalue weighted by molar-refractivity contribution is -0.137. The molecule has 0 saturated carbocycles. The highest BCUT2D eigenvalue weighted by Gasteiger charge is 2.32. The Morgan fingerprint density at radius 1 is 1.00 bits per heavy atom. The molecule has 3 aromatic rings. The number of carbonyl (C=O) groups excluding carboxylic acids is 1. The minimum atomic E-state index is -4.61. The van der Waals surface area contributed by atoms with E-state index >= 15 is 0 Å².